The quantitative estimate of drug-likeness (QED) is 0.109. The summed E-state index contributed by atoms with van der Waals surface area (Å²) >= 11 is 0. The molecule has 1 atom stereocenters. The van der Waals surface area contributed by atoms with Crippen LogP contribution in [0.4, 0.5) is 18.9 Å². The van der Waals surface area contributed by atoms with E-state index >= 15 is 0 Å². The van der Waals surface area contributed by atoms with Gasteiger partial charge in [0.2, 0.25) is 5.91 Å². The lowest BCUT2D eigenvalue weighted by Gasteiger charge is -2.24. The van der Waals surface area contributed by atoms with Gasteiger partial charge in [-0.3, -0.25) is 14.3 Å². The Labute approximate surface area is 292 Å². The second-order valence-corrected chi connectivity index (χ2v) is 13.4. The summed E-state index contributed by atoms with van der Waals surface area (Å²) in [6.07, 6.45) is -3.48. The molecule has 4 aromatic rings. The fourth-order valence-corrected chi connectivity index (χ4v) is 6.31. The van der Waals surface area contributed by atoms with Crippen LogP contribution in [0.15, 0.2) is 108 Å². The smallest absolute Gasteiger partial charge is 0.455 e. The van der Waals surface area contributed by atoms with Crippen LogP contribution < -0.4 is 30.1 Å². The van der Waals surface area contributed by atoms with Crippen molar-refractivity contribution in [3.05, 3.63) is 114 Å². The summed E-state index contributed by atoms with van der Waals surface area (Å²) in [5, 5.41) is 8.82. The Morgan fingerprint density at radius 2 is 1.47 bits per heavy atom. The minimum absolute atomic E-state index is 0.0435. The van der Waals surface area contributed by atoms with Crippen LogP contribution in [-0.4, -0.2) is 58.1 Å². The molecule has 0 unspecified atom stereocenters. The minimum Gasteiger partial charge on any atom is -0.455 e. The summed E-state index contributed by atoms with van der Waals surface area (Å²) in [4.78, 5) is 37.8. The maximum absolute atomic E-state index is 13.4. The number of alkyl halides is 3. The Kier molecular flexibility index (Phi) is 11.9. The Hall–Kier alpha value is -5.41. The Morgan fingerprint density at radius 3 is 2.14 bits per heavy atom. The van der Waals surface area contributed by atoms with Gasteiger partial charge in [-0.25, -0.2) is 13.2 Å². The van der Waals surface area contributed by atoms with Crippen LogP contribution in [0.3, 0.4) is 0 Å². The number of hydrogen-bond donors (Lipinski definition) is 4. The number of sulfonamides is 1. The number of piperidine rings is 1. The molecule has 1 saturated heterocycles. The van der Waals surface area contributed by atoms with Gasteiger partial charge in [-0.1, -0.05) is 42.5 Å². The van der Waals surface area contributed by atoms with Crippen LogP contribution in [0.1, 0.15) is 28.8 Å². The lowest BCUT2D eigenvalue weighted by Crippen LogP contribution is -2.49. The summed E-state index contributed by atoms with van der Waals surface area (Å²) in [6.45, 7) is 2.03. The molecular formula is C36H35F3N4O7S. The number of carbonyl (C=O) groups is 3. The number of para-hydroxylation sites is 3. The van der Waals surface area contributed by atoms with E-state index in [0.29, 0.717) is 17.9 Å². The average molecular weight is 725 g/mol. The number of nitrogens with one attached hydrogen (secondary N) is 4. The molecule has 0 aromatic heterocycles. The van der Waals surface area contributed by atoms with Gasteiger partial charge in [0.15, 0.2) is 5.75 Å². The lowest BCUT2D eigenvalue weighted by molar-refractivity contribution is -0.189. The molecule has 0 radical (unpaired) electrons. The van der Waals surface area contributed by atoms with Crippen molar-refractivity contribution in [3.8, 4) is 17.2 Å². The number of halogens is 3. The standard InChI is InChI=1S/C36H35F3N4O7S/c37-36(38,39)35(46)50-28-14-10-24(11-15-28)22-31(34(45)41-23-25-18-20-40-21-19-25)42-33(44)26-12-16-29(17-13-26)51(47,48)43-30-8-4-5-9-32(30)49-27-6-2-1-3-7-27/h1-17,25,31,40,43H,18-23H2,(H,41,45)(H,42,44)/t31-/m0/s1. The number of esters is 1. The first-order valence-electron chi connectivity index (χ1n) is 16.0. The van der Waals surface area contributed by atoms with E-state index in [2.05, 4.69) is 25.4 Å². The SMILES string of the molecule is O=C(N[C@@H](Cc1ccc(OC(=O)C(F)(F)F)cc1)C(=O)NCC1CCNCC1)c1ccc(S(=O)(=O)Nc2ccccc2Oc2ccccc2)cc1. The number of carbonyl (C=O) groups excluding carboxylic acids is 3. The van der Waals surface area contributed by atoms with Crippen LogP contribution in [-0.2, 0) is 26.0 Å². The van der Waals surface area contributed by atoms with E-state index in [1.807, 2.05) is 6.07 Å². The number of rotatable bonds is 13. The van der Waals surface area contributed by atoms with E-state index in [9.17, 15) is 36.0 Å². The first-order valence-corrected chi connectivity index (χ1v) is 17.5. The average Bonchev–Trinajstić information content (AvgIpc) is 3.12. The van der Waals surface area contributed by atoms with Crippen molar-refractivity contribution in [3.63, 3.8) is 0 Å². The zero-order valence-electron chi connectivity index (χ0n) is 27.1. The number of anilines is 1. The molecule has 1 aliphatic heterocycles. The van der Waals surface area contributed by atoms with Crippen molar-refractivity contribution in [1.29, 1.82) is 0 Å². The molecule has 4 aromatic carbocycles. The normalized spacial score (nSPS) is 14.2. The molecule has 268 valence electrons. The fourth-order valence-electron chi connectivity index (χ4n) is 5.24. The van der Waals surface area contributed by atoms with E-state index < -0.39 is 40.0 Å². The summed E-state index contributed by atoms with van der Waals surface area (Å²) in [5.74, 6) is -2.80. The van der Waals surface area contributed by atoms with Gasteiger partial charge in [-0.2, -0.15) is 13.2 Å². The van der Waals surface area contributed by atoms with E-state index in [4.69, 9.17) is 4.74 Å². The molecule has 0 saturated carbocycles. The highest BCUT2D eigenvalue weighted by atomic mass is 32.2. The van der Waals surface area contributed by atoms with Gasteiger partial charge in [-0.05, 0) is 98.1 Å². The third kappa shape index (κ3) is 10.5. The fraction of sp³-hybridized carbons (Fsp3) is 0.250. The van der Waals surface area contributed by atoms with Crippen molar-refractivity contribution in [1.82, 2.24) is 16.0 Å². The summed E-state index contributed by atoms with van der Waals surface area (Å²) in [7, 11) is -4.11. The maximum Gasteiger partial charge on any atom is 0.491 e. The van der Waals surface area contributed by atoms with Gasteiger partial charge in [0.25, 0.3) is 15.9 Å². The third-order valence-corrected chi connectivity index (χ3v) is 9.36. The highest BCUT2D eigenvalue weighted by molar-refractivity contribution is 7.92. The minimum atomic E-state index is -5.16. The van der Waals surface area contributed by atoms with Gasteiger partial charge < -0.3 is 25.4 Å². The van der Waals surface area contributed by atoms with Crippen molar-refractivity contribution >= 4 is 33.5 Å². The molecule has 15 heteroatoms. The van der Waals surface area contributed by atoms with Crippen LogP contribution in [0.25, 0.3) is 0 Å². The van der Waals surface area contributed by atoms with Crippen LogP contribution in [0.2, 0.25) is 0 Å². The van der Waals surface area contributed by atoms with Gasteiger partial charge in [0.05, 0.1) is 10.6 Å². The van der Waals surface area contributed by atoms with E-state index in [1.54, 1.807) is 48.5 Å². The van der Waals surface area contributed by atoms with Gasteiger partial charge in [0.1, 0.15) is 17.5 Å². The Bertz CT molecular complexity index is 1920. The molecule has 0 spiro atoms. The van der Waals surface area contributed by atoms with Crippen LogP contribution >= 0.6 is 0 Å². The molecule has 5 rings (SSSR count). The van der Waals surface area contributed by atoms with Gasteiger partial charge in [-0.15, -0.1) is 0 Å². The highest BCUT2D eigenvalue weighted by Crippen LogP contribution is 2.31. The molecule has 2 amide bonds. The lowest BCUT2D eigenvalue weighted by atomic mass is 9.98. The molecule has 1 heterocycles. The molecule has 4 N–H and O–H groups in total. The van der Waals surface area contributed by atoms with E-state index in [0.717, 1.165) is 38.1 Å². The van der Waals surface area contributed by atoms with Crippen molar-refractivity contribution in [2.24, 2.45) is 5.92 Å². The molecule has 1 aliphatic rings. The maximum atomic E-state index is 13.4. The van der Waals surface area contributed by atoms with Crippen LogP contribution in [0, 0.1) is 5.92 Å². The zero-order chi connectivity index (χ0) is 36.4. The molecule has 0 bridgehead atoms. The predicted octanol–water partition coefficient (Wildman–Crippen LogP) is 5.20. The largest absolute Gasteiger partial charge is 0.491 e. The highest BCUT2D eigenvalue weighted by Gasteiger charge is 2.41. The number of benzene rings is 4. The molecule has 11 nitrogen and oxygen atoms in total. The Morgan fingerprint density at radius 1 is 0.824 bits per heavy atom. The Balaban J connectivity index is 1.27. The van der Waals surface area contributed by atoms with Crippen LogP contribution in [0.5, 0.6) is 17.2 Å². The monoisotopic (exact) mass is 724 g/mol. The number of hydrogen-bond acceptors (Lipinski definition) is 8. The second kappa shape index (κ2) is 16.5. The van der Waals surface area contributed by atoms with Crippen molar-refractivity contribution in [2.75, 3.05) is 24.4 Å². The van der Waals surface area contributed by atoms with Gasteiger partial charge in [0, 0.05) is 18.5 Å². The third-order valence-electron chi connectivity index (χ3n) is 7.98. The van der Waals surface area contributed by atoms with E-state index in [1.165, 1.54) is 36.4 Å². The first kappa shape index (κ1) is 36.9. The van der Waals surface area contributed by atoms with Crippen molar-refractivity contribution in [2.45, 2.75) is 36.4 Å². The van der Waals surface area contributed by atoms with Crippen molar-refractivity contribution < 1.29 is 45.4 Å². The molecule has 1 fully saturated rings. The second-order valence-electron chi connectivity index (χ2n) is 11.7. The molecule has 0 aliphatic carbocycles. The predicted molar refractivity (Wildman–Crippen MR) is 182 cm³/mol. The number of ether oxygens (including phenoxy) is 2. The summed E-state index contributed by atoms with van der Waals surface area (Å²) in [5.41, 5.74) is 0.744. The number of amides is 2. The van der Waals surface area contributed by atoms with Gasteiger partial charge >= 0.3 is 12.1 Å². The topological polar surface area (TPSA) is 152 Å². The molecule has 51 heavy (non-hydrogen) atoms. The summed E-state index contributed by atoms with van der Waals surface area (Å²) in [6, 6.07) is 24.5. The molecular weight excluding hydrogens is 689 g/mol. The first-order chi connectivity index (χ1) is 24.4. The van der Waals surface area contributed by atoms with E-state index in [-0.39, 0.29) is 40.0 Å². The zero-order valence-corrected chi connectivity index (χ0v) is 27.9. The summed E-state index contributed by atoms with van der Waals surface area (Å²) < 4.78 is 77.1.